The number of benzene rings is 1. The number of rotatable bonds is 5. The van der Waals surface area contributed by atoms with Gasteiger partial charge in [-0.15, -0.1) is 0 Å². The van der Waals surface area contributed by atoms with Crippen molar-refractivity contribution in [2.45, 2.75) is 12.8 Å². The van der Waals surface area contributed by atoms with Crippen LogP contribution in [-0.2, 0) is 4.79 Å². The fourth-order valence-electron chi connectivity index (χ4n) is 3.05. The molecule has 1 aliphatic carbocycles. The first-order chi connectivity index (χ1) is 13.9. The van der Waals surface area contributed by atoms with Crippen molar-refractivity contribution in [3.8, 4) is 0 Å². The molecular weight excluding hydrogens is 415 g/mol. The van der Waals surface area contributed by atoms with Crippen molar-refractivity contribution in [1.29, 1.82) is 0 Å². The Kier molecular flexibility index (Phi) is 5.02. The minimum Gasteiger partial charge on any atom is -0.359 e. The predicted octanol–water partition coefficient (Wildman–Crippen LogP) is 3.81. The minimum atomic E-state index is -0.402. The van der Waals surface area contributed by atoms with E-state index in [-0.39, 0.29) is 38.9 Å². The second kappa shape index (κ2) is 7.50. The van der Waals surface area contributed by atoms with E-state index in [0.717, 1.165) is 12.8 Å². The van der Waals surface area contributed by atoms with Crippen LogP contribution in [0.2, 0.25) is 10.0 Å². The van der Waals surface area contributed by atoms with Gasteiger partial charge in [0.1, 0.15) is 5.82 Å². The molecule has 2 aromatic heterocycles. The summed E-state index contributed by atoms with van der Waals surface area (Å²) in [7, 11) is 1.49. The molecule has 9 heteroatoms. The van der Waals surface area contributed by atoms with Crippen molar-refractivity contribution in [3.05, 3.63) is 57.3 Å². The number of fused-ring (bicyclic) bond motifs is 1. The molecule has 0 aliphatic heterocycles. The third kappa shape index (κ3) is 3.71. The topological polar surface area (TPSA) is 104 Å². The SMILES string of the molecule is CNC(=O)c1cc(Cl)c(C(=O)c2c[nH]c3cnc(NC(=O)C4CC4)cc23)c(Cl)c1. The molecule has 0 bridgehead atoms. The highest BCUT2D eigenvalue weighted by atomic mass is 35.5. The lowest BCUT2D eigenvalue weighted by Crippen LogP contribution is -2.18. The highest BCUT2D eigenvalue weighted by molar-refractivity contribution is 6.42. The minimum absolute atomic E-state index is 0.0382. The van der Waals surface area contributed by atoms with E-state index in [1.54, 1.807) is 18.5 Å². The van der Waals surface area contributed by atoms with Crippen molar-refractivity contribution in [2.24, 2.45) is 5.92 Å². The molecule has 0 radical (unpaired) electrons. The number of hydrogen-bond donors (Lipinski definition) is 3. The van der Waals surface area contributed by atoms with E-state index in [9.17, 15) is 14.4 Å². The van der Waals surface area contributed by atoms with Crippen LogP contribution < -0.4 is 10.6 Å². The van der Waals surface area contributed by atoms with Crippen LogP contribution in [0.3, 0.4) is 0 Å². The third-order valence-electron chi connectivity index (χ3n) is 4.77. The highest BCUT2D eigenvalue weighted by Gasteiger charge is 2.30. The molecule has 4 rings (SSSR count). The average molecular weight is 431 g/mol. The van der Waals surface area contributed by atoms with Crippen LogP contribution >= 0.6 is 23.2 Å². The number of nitrogens with one attached hydrogen (secondary N) is 3. The molecule has 2 heterocycles. The Hall–Kier alpha value is -2.90. The highest BCUT2D eigenvalue weighted by Crippen LogP contribution is 2.33. The fourth-order valence-corrected chi connectivity index (χ4v) is 3.71. The third-order valence-corrected chi connectivity index (χ3v) is 5.36. The molecule has 0 atom stereocenters. The molecule has 1 saturated carbocycles. The first-order valence-electron chi connectivity index (χ1n) is 8.93. The molecule has 1 fully saturated rings. The smallest absolute Gasteiger partial charge is 0.251 e. The number of anilines is 1. The second-order valence-electron chi connectivity index (χ2n) is 6.80. The van der Waals surface area contributed by atoms with Crippen molar-refractivity contribution >= 4 is 57.5 Å². The van der Waals surface area contributed by atoms with Gasteiger partial charge in [-0.3, -0.25) is 14.4 Å². The van der Waals surface area contributed by atoms with E-state index in [1.807, 2.05) is 0 Å². The summed E-state index contributed by atoms with van der Waals surface area (Å²) in [6.45, 7) is 0. The van der Waals surface area contributed by atoms with Crippen LogP contribution in [-0.4, -0.2) is 34.6 Å². The van der Waals surface area contributed by atoms with Crippen LogP contribution in [0.1, 0.15) is 39.1 Å². The summed E-state index contributed by atoms with van der Waals surface area (Å²) >= 11 is 12.6. The normalized spacial score (nSPS) is 13.3. The number of pyridine rings is 1. The molecule has 3 aromatic rings. The number of nitrogens with zero attached hydrogens (tertiary/aromatic N) is 1. The van der Waals surface area contributed by atoms with Gasteiger partial charge in [-0.1, -0.05) is 23.2 Å². The van der Waals surface area contributed by atoms with Gasteiger partial charge in [-0.25, -0.2) is 4.98 Å². The van der Waals surface area contributed by atoms with Gasteiger partial charge >= 0.3 is 0 Å². The van der Waals surface area contributed by atoms with Crippen molar-refractivity contribution in [1.82, 2.24) is 15.3 Å². The molecule has 148 valence electrons. The molecule has 0 unspecified atom stereocenters. The molecule has 1 aromatic carbocycles. The Labute approximate surface area is 175 Å². The Balaban J connectivity index is 1.71. The van der Waals surface area contributed by atoms with Gasteiger partial charge in [0.2, 0.25) is 5.91 Å². The monoisotopic (exact) mass is 430 g/mol. The maximum atomic E-state index is 13.2. The fraction of sp³-hybridized carbons (Fsp3) is 0.200. The number of halogens is 2. The number of amides is 2. The summed E-state index contributed by atoms with van der Waals surface area (Å²) in [5, 5.41) is 5.99. The molecule has 7 nitrogen and oxygen atoms in total. The predicted molar refractivity (Wildman–Crippen MR) is 111 cm³/mol. The quantitative estimate of drug-likeness (QED) is 0.535. The zero-order chi connectivity index (χ0) is 20.7. The van der Waals surface area contributed by atoms with Crippen molar-refractivity contribution < 1.29 is 14.4 Å². The van der Waals surface area contributed by atoms with E-state index in [1.165, 1.54) is 19.2 Å². The van der Waals surface area contributed by atoms with E-state index in [2.05, 4.69) is 20.6 Å². The molecule has 2 amide bonds. The lowest BCUT2D eigenvalue weighted by atomic mass is 10.0. The number of carbonyl (C=O) groups excluding carboxylic acids is 3. The Bertz CT molecular complexity index is 1140. The molecule has 1 aliphatic rings. The van der Waals surface area contributed by atoms with Crippen LogP contribution in [0.4, 0.5) is 5.82 Å². The summed E-state index contributed by atoms with van der Waals surface area (Å²) in [6, 6.07) is 4.44. The van der Waals surface area contributed by atoms with Crippen LogP contribution in [0.25, 0.3) is 10.9 Å². The summed E-state index contributed by atoms with van der Waals surface area (Å²) in [6.07, 6.45) is 4.85. The molecule has 3 N–H and O–H groups in total. The summed E-state index contributed by atoms with van der Waals surface area (Å²) in [5.41, 5.74) is 1.32. The van der Waals surface area contributed by atoms with E-state index < -0.39 is 5.78 Å². The van der Waals surface area contributed by atoms with Gasteiger partial charge in [-0.05, 0) is 31.0 Å². The van der Waals surface area contributed by atoms with Gasteiger partial charge in [-0.2, -0.15) is 0 Å². The van der Waals surface area contributed by atoms with Gasteiger partial charge in [0, 0.05) is 35.7 Å². The summed E-state index contributed by atoms with van der Waals surface area (Å²) in [4.78, 5) is 44.2. The Morgan fingerprint density at radius 1 is 1.14 bits per heavy atom. The number of hydrogen-bond acceptors (Lipinski definition) is 4. The largest absolute Gasteiger partial charge is 0.359 e. The number of carbonyl (C=O) groups is 3. The zero-order valence-corrected chi connectivity index (χ0v) is 16.8. The number of aromatic amines is 1. The zero-order valence-electron chi connectivity index (χ0n) is 15.3. The number of ketones is 1. The first-order valence-corrected chi connectivity index (χ1v) is 9.68. The maximum Gasteiger partial charge on any atom is 0.251 e. The van der Waals surface area contributed by atoms with E-state index >= 15 is 0 Å². The molecule has 0 spiro atoms. The van der Waals surface area contributed by atoms with E-state index in [4.69, 9.17) is 23.2 Å². The summed E-state index contributed by atoms with van der Waals surface area (Å²) < 4.78 is 0. The Morgan fingerprint density at radius 3 is 2.45 bits per heavy atom. The summed E-state index contributed by atoms with van der Waals surface area (Å²) in [5.74, 6) is -0.426. The Morgan fingerprint density at radius 2 is 1.83 bits per heavy atom. The maximum absolute atomic E-state index is 13.2. The lowest BCUT2D eigenvalue weighted by molar-refractivity contribution is -0.117. The molecule has 0 saturated heterocycles. The molecule has 29 heavy (non-hydrogen) atoms. The molecular formula is C20H16Cl2N4O3. The number of aromatic nitrogens is 2. The van der Waals surface area contributed by atoms with Crippen LogP contribution in [0, 0.1) is 5.92 Å². The standard InChI is InChI=1S/C20H16Cl2N4O3/c1-23-19(28)10-4-13(21)17(14(22)5-10)18(27)12-7-24-15-8-25-16(6-11(12)15)26-20(29)9-2-3-9/h4-9,24H,2-3H2,1H3,(H,23,28)(H,25,26,29). The average Bonchev–Trinajstić information content (AvgIpc) is 3.46. The van der Waals surface area contributed by atoms with Gasteiger partial charge < -0.3 is 15.6 Å². The van der Waals surface area contributed by atoms with Crippen molar-refractivity contribution in [3.63, 3.8) is 0 Å². The lowest BCUT2D eigenvalue weighted by Gasteiger charge is -2.09. The van der Waals surface area contributed by atoms with Crippen LogP contribution in [0.15, 0.2) is 30.6 Å². The van der Waals surface area contributed by atoms with Gasteiger partial charge in [0.15, 0.2) is 5.78 Å². The van der Waals surface area contributed by atoms with Crippen molar-refractivity contribution in [2.75, 3.05) is 12.4 Å². The van der Waals surface area contributed by atoms with Gasteiger partial charge in [0.05, 0.1) is 27.3 Å². The van der Waals surface area contributed by atoms with E-state index in [0.29, 0.717) is 22.3 Å². The van der Waals surface area contributed by atoms with Crippen LogP contribution in [0.5, 0.6) is 0 Å². The first kappa shape index (κ1) is 19.4. The second-order valence-corrected chi connectivity index (χ2v) is 7.62. The number of H-pyrrole nitrogens is 1. The van der Waals surface area contributed by atoms with Gasteiger partial charge in [0.25, 0.3) is 5.91 Å².